The molecule has 2 unspecified atom stereocenters. The first-order valence-electron chi connectivity index (χ1n) is 10.9. The highest BCUT2D eigenvalue weighted by molar-refractivity contribution is 9.10. The summed E-state index contributed by atoms with van der Waals surface area (Å²) in [7, 11) is -4.89. The van der Waals surface area contributed by atoms with Gasteiger partial charge in [0.2, 0.25) is 0 Å². The first-order chi connectivity index (χ1) is 18.4. The van der Waals surface area contributed by atoms with Crippen molar-refractivity contribution in [1.82, 2.24) is 20.0 Å². The zero-order valence-corrected chi connectivity index (χ0v) is 24.0. The molecule has 1 aromatic carbocycles. The van der Waals surface area contributed by atoms with Gasteiger partial charge in [0.05, 0.1) is 25.5 Å². The lowest BCUT2D eigenvalue weighted by atomic mass is 10.1. The molecule has 0 bridgehead atoms. The zero-order valence-electron chi connectivity index (χ0n) is 20.0. The summed E-state index contributed by atoms with van der Waals surface area (Å²) in [6, 6.07) is 3.68. The summed E-state index contributed by atoms with van der Waals surface area (Å²) in [4.78, 5) is 22.8. The second kappa shape index (κ2) is 14.4. The Morgan fingerprint density at radius 1 is 1.21 bits per heavy atom. The molecule has 0 aliphatic heterocycles. The lowest BCUT2D eigenvalue weighted by molar-refractivity contribution is -0.133. The third kappa shape index (κ3) is 9.79. The molecule has 18 heteroatoms. The predicted molar refractivity (Wildman–Crippen MR) is 138 cm³/mol. The third-order valence-corrected chi connectivity index (χ3v) is 7.33. The summed E-state index contributed by atoms with van der Waals surface area (Å²) >= 11 is 9.93. The SMILES string of the molecule is C[C@@H](O)C(CO)OC(Sc1cncc(Br)c1)[C@H](Cn1cc(-c2cc(F)c(Cl)c(F)c2)nn1)OCOP(=O)(O)O. The van der Waals surface area contributed by atoms with Crippen LogP contribution in [0.3, 0.4) is 0 Å². The molecule has 0 saturated carbocycles. The molecule has 2 heterocycles. The number of rotatable bonds is 14. The predicted octanol–water partition coefficient (Wildman–Crippen LogP) is 3.36. The molecule has 214 valence electrons. The maximum absolute atomic E-state index is 13.9. The maximum Gasteiger partial charge on any atom is 0.471 e. The minimum atomic E-state index is -4.89. The van der Waals surface area contributed by atoms with Crippen molar-refractivity contribution >= 4 is 47.1 Å². The Morgan fingerprint density at radius 3 is 2.49 bits per heavy atom. The Hall–Kier alpha value is -1.56. The highest BCUT2D eigenvalue weighted by atomic mass is 79.9. The van der Waals surface area contributed by atoms with Crippen LogP contribution in [0.1, 0.15) is 6.92 Å². The van der Waals surface area contributed by atoms with E-state index in [1.54, 1.807) is 12.3 Å². The zero-order chi connectivity index (χ0) is 28.7. The quantitative estimate of drug-likeness (QED) is 0.0852. The first-order valence-corrected chi connectivity index (χ1v) is 14.5. The van der Waals surface area contributed by atoms with Gasteiger partial charge in [0, 0.05) is 27.3 Å². The van der Waals surface area contributed by atoms with E-state index < -0.39 is 61.6 Å². The molecule has 0 fully saturated rings. The number of thioether (sulfide) groups is 1. The van der Waals surface area contributed by atoms with Crippen LogP contribution < -0.4 is 0 Å². The fourth-order valence-electron chi connectivity index (χ4n) is 3.08. The summed E-state index contributed by atoms with van der Waals surface area (Å²) in [6.07, 6.45) is 1.15. The van der Waals surface area contributed by atoms with Crippen molar-refractivity contribution in [3.05, 3.63) is 57.9 Å². The maximum atomic E-state index is 13.9. The van der Waals surface area contributed by atoms with Crippen molar-refractivity contribution in [3.63, 3.8) is 0 Å². The van der Waals surface area contributed by atoms with E-state index in [4.69, 9.17) is 30.9 Å². The summed E-state index contributed by atoms with van der Waals surface area (Å²) in [5, 5.41) is 26.9. The smallest absolute Gasteiger partial charge is 0.394 e. The minimum Gasteiger partial charge on any atom is -0.394 e. The van der Waals surface area contributed by atoms with E-state index in [0.29, 0.717) is 9.37 Å². The van der Waals surface area contributed by atoms with Crippen molar-refractivity contribution in [3.8, 4) is 11.3 Å². The van der Waals surface area contributed by atoms with Crippen LogP contribution in [-0.2, 0) is 25.1 Å². The fraction of sp³-hybridized carbons (Fsp3) is 0.381. The van der Waals surface area contributed by atoms with E-state index in [9.17, 15) is 23.6 Å². The summed E-state index contributed by atoms with van der Waals surface area (Å²) in [5.41, 5.74) is -0.890. The van der Waals surface area contributed by atoms with Crippen LogP contribution >= 0.6 is 47.1 Å². The molecular formula is C21H23BrClF2N4O8PS. The van der Waals surface area contributed by atoms with E-state index in [1.807, 2.05) is 0 Å². The van der Waals surface area contributed by atoms with Crippen LogP contribution in [0.15, 0.2) is 46.2 Å². The van der Waals surface area contributed by atoms with Crippen molar-refractivity contribution < 1.29 is 47.3 Å². The molecule has 0 spiro atoms. The third-order valence-electron chi connectivity index (χ3n) is 4.95. The molecular weight excluding hydrogens is 653 g/mol. The topological polar surface area (TPSA) is 169 Å². The van der Waals surface area contributed by atoms with Crippen LogP contribution in [0.25, 0.3) is 11.3 Å². The summed E-state index contributed by atoms with van der Waals surface area (Å²) in [5.74, 6) is -1.98. The van der Waals surface area contributed by atoms with Gasteiger partial charge in [0.25, 0.3) is 0 Å². The van der Waals surface area contributed by atoms with Gasteiger partial charge in [-0.2, -0.15) is 0 Å². The second-order valence-corrected chi connectivity index (χ2v) is 11.6. The fourth-order valence-corrected chi connectivity index (χ4v) is 5.00. The molecule has 0 amide bonds. The van der Waals surface area contributed by atoms with E-state index in [0.717, 1.165) is 23.9 Å². The van der Waals surface area contributed by atoms with Gasteiger partial charge in [0.15, 0.2) is 6.79 Å². The van der Waals surface area contributed by atoms with Crippen molar-refractivity contribution in [1.29, 1.82) is 0 Å². The Balaban J connectivity index is 1.92. The molecule has 12 nitrogen and oxygen atoms in total. The number of phosphoric acid groups is 1. The number of hydrogen-bond donors (Lipinski definition) is 4. The number of nitrogens with zero attached hydrogens (tertiary/aromatic N) is 4. The number of pyridine rings is 1. The minimum absolute atomic E-state index is 0.0554. The number of ether oxygens (including phenoxy) is 2. The molecule has 3 rings (SSSR count). The van der Waals surface area contributed by atoms with Crippen molar-refractivity contribution in [2.24, 2.45) is 0 Å². The van der Waals surface area contributed by atoms with E-state index in [2.05, 4.69) is 35.7 Å². The van der Waals surface area contributed by atoms with Gasteiger partial charge in [-0.05, 0) is 41.1 Å². The highest BCUT2D eigenvalue weighted by Crippen LogP contribution is 2.36. The molecule has 2 aromatic heterocycles. The standard InChI is InChI=1S/C21H23BrClF2N4O8PS/c1-11(31)19(9-30)37-21(39-14-4-13(22)5-26-6-14)18(35-10-36-38(32,33)34)8-29-7-17(27-28-29)12-2-15(24)20(23)16(25)3-12/h2-7,11,18-19,21,30-31H,8-10H2,1H3,(H2,32,33,34)/t11-,18+,19?,21?/m1/s1. The van der Waals surface area contributed by atoms with Crippen LogP contribution in [0.5, 0.6) is 0 Å². The molecule has 0 radical (unpaired) electrons. The number of aromatic nitrogens is 4. The second-order valence-electron chi connectivity index (χ2n) is 7.95. The van der Waals surface area contributed by atoms with Crippen molar-refractivity contribution in [2.75, 3.05) is 13.4 Å². The number of benzene rings is 1. The number of halogens is 4. The summed E-state index contributed by atoms with van der Waals surface area (Å²) in [6.45, 7) is -0.185. The molecule has 4 atom stereocenters. The van der Waals surface area contributed by atoms with Crippen LogP contribution in [0.2, 0.25) is 5.02 Å². The average Bonchev–Trinajstić information content (AvgIpc) is 3.32. The van der Waals surface area contributed by atoms with Gasteiger partial charge >= 0.3 is 7.82 Å². The lowest BCUT2D eigenvalue weighted by Gasteiger charge is -2.31. The van der Waals surface area contributed by atoms with Gasteiger partial charge in [0.1, 0.15) is 40.0 Å². The lowest BCUT2D eigenvalue weighted by Crippen LogP contribution is -2.41. The van der Waals surface area contributed by atoms with E-state index >= 15 is 0 Å². The van der Waals surface area contributed by atoms with E-state index in [-0.39, 0.29) is 17.8 Å². The molecule has 0 saturated heterocycles. The molecule has 3 aromatic rings. The summed E-state index contributed by atoms with van der Waals surface area (Å²) < 4.78 is 56.9. The normalized spacial score (nSPS) is 15.2. The Morgan fingerprint density at radius 2 is 1.90 bits per heavy atom. The number of aliphatic hydroxyl groups is 2. The monoisotopic (exact) mass is 674 g/mol. The molecule has 0 aliphatic carbocycles. The van der Waals surface area contributed by atoms with Gasteiger partial charge < -0.3 is 29.5 Å². The number of aliphatic hydroxyl groups excluding tert-OH is 2. The van der Waals surface area contributed by atoms with Gasteiger partial charge in [-0.1, -0.05) is 28.6 Å². The van der Waals surface area contributed by atoms with Gasteiger partial charge in [-0.15, -0.1) is 5.10 Å². The average molecular weight is 676 g/mol. The number of hydrogen-bond acceptors (Lipinski definition) is 10. The Kier molecular flexibility index (Phi) is 11.8. The first kappa shape index (κ1) is 32.0. The Bertz CT molecular complexity index is 1280. The van der Waals surface area contributed by atoms with Crippen LogP contribution in [0, 0.1) is 11.6 Å². The number of phosphoric ester groups is 1. The molecule has 0 aliphatic rings. The Labute approximate surface area is 238 Å². The highest BCUT2D eigenvalue weighted by Gasteiger charge is 2.31. The molecule has 39 heavy (non-hydrogen) atoms. The van der Waals surface area contributed by atoms with Gasteiger partial charge in [-0.25, -0.2) is 18.0 Å². The molecule has 4 N–H and O–H groups in total. The van der Waals surface area contributed by atoms with Crippen LogP contribution in [0.4, 0.5) is 8.78 Å². The van der Waals surface area contributed by atoms with Crippen molar-refractivity contribution in [2.45, 2.75) is 42.1 Å². The van der Waals surface area contributed by atoms with Gasteiger partial charge in [-0.3, -0.25) is 9.51 Å². The van der Waals surface area contributed by atoms with Crippen LogP contribution in [-0.4, -0.2) is 77.1 Å². The largest absolute Gasteiger partial charge is 0.471 e. The van der Waals surface area contributed by atoms with E-state index in [1.165, 1.54) is 24.0 Å².